The summed E-state index contributed by atoms with van der Waals surface area (Å²) in [7, 11) is 0. The zero-order valence-electron chi connectivity index (χ0n) is 7.41. The van der Waals surface area contributed by atoms with Crippen LogP contribution in [-0.4, -0.2) is 5.78 Å². The van der Waals surface area contributed by atoms with E-state index in [-0.39, 0.29) is 5.78 Å². The van der Waals surface area contributed by atoms with Gasteiger partial charge < -0.3 is 0 Å². The summed E-state index contributed by atoms with van der Waals surface area (Å²) in [6.07, 6.45) is 0.584. The summed E-state index contributed by atoms with van der Waals surface area (Å²) in [5.74, 6) is 0.234. The van der Waals surface area contributed by atoms with E-state index >= 15 is 0 Å². The Labute approximate surface area is 81.0 Å². The summed E-state index contributed by atoms with van der Waals surface area (Å²) in [4.78, 5) is 11.5. The van der Waals surface area contributed by atoms with Crippen LogP contribution >= 0.6 is 11.3 Å². The van der Waals surface area contributed by atoms with Crippen molar-refractivity contribution in [1.82, 2.24) is 0 Å². The van der Waals surface area contributed by atoms with Crippen molar-refractivity contribution in [2.75, 3.05) is 0 Å². The second-order valence-electron chi connectivity index (χ2n) is 2.92. The number of rotatable bonds is 2. The lowest BCUT2D eigenvalue weighted by atomic mass is 10.1. The van der Waals surface area contributed by atoms with Crippen LogP contribution in [-0.2, 0) is 0 Å². The summed E-state index contributed by atoms with van der Waals surface area (Å²) in [5, 5.41) is 3.05. The number of hydrogen-bond acceptors (Lipinski definition) is 2. The minimum atomic E-state index is 0.234. The van der Waals surface area contributed by atoms with Crippen molar-refractivity contribution in [2.45, 2.75) is 13.3 Å². The van der Waals surface area contributed by atoms with E-state index < -0.39 is 0 Å². The molecule has 0 saturated carbocycles. The van der Waals surface area contributed by atoms with E-state index in [0.29, 0.717) is 6.42 Å². The molecule has 2 aromatic rings. The fourth-order valence-corrected chi connectivity index (χ4v) is 2.35. The molecule has 0 unspecified atom stereocenters. The molecule has 0 spiro atoms. The number of Topliss-reactive ketones (excluding diaryl/α,β-unsaturated/α-hetero) is 1. The van der Waals surface area contributed by atoms with E-state index in [1.807, 2.05) is 36.6 Å². The number of carbonyl (C=O) groups is 1. The first kappa shape index (κ1) is 8.45. The van der Waals surface area contributed by atoms with E-state index in [9.17, 15) is 4.79 Å². The van der Waals surface area contributed by atoms with E-state index in [4.69, 9.17) is 0 Å². The summed E-state index contributed by atoms with van der Waals surface area (Å²) < 4.78 is 1.19. The second-order valence-corrected chi connectivity index (χ2v) is 3.83. The summed E-state index contributed by atoms with van der Waals surface area (Å²) >= 11 is 1.64. The summed E-state index contributed by atoms with van der Waals surface area (Å²) in [6.45, 7) is 1.90. The predicted octanol–water partition coefficient (Wildman–Crippen LogP) is 3.49. The second kappa shape index (κ2) is 3.30. The Morgan fingerprint density at radius 1 is 1.38 bits per heavy atom. The lowest BCUT2D eigenvalue weighted by Crippen LogP contribution is -1.93. The molecule has 0 atom stereocenters. The van der Waals surface area contributed by atoms with Gasteiger partial charge in [0, 0.05) is 27.5 Å². The van der Waals surface area contributed by atoms with E-state index in [1.165, 1.54) is 4.70 Å². The maximum absolute atomic E-state index is 11.5. The summed E-state index contributed by atoms with van der Waals surface area (Å²) in [5.41, 5.74) is 0.878. The van der Waals surface area contributed by atoms with Gasteiger partial charge in [-0.3, -0.25) is 4.79 Å². The maximum Gasteiger partial charge on any atom is 0.164 e. The van der Waals surface area contributed by atoms with Gasteiger partial charge in [-0.05, 0) is 6.07 Å². The van der Waals surface area contributed by atoms with Gasteiger partial charge >= 0.3 is 0 Å². The molecule has 66 valence electrons. The van der Waals surface area contributed by atoms with Gasteiger partial charge in [0.05, 0.1) is 0 Å². The van der Waals surface area contributed by atoms with Crippen LogP contribution in [0.2, 0.25) is 0 Å². The van der Waals surface area contributed by atoms with E-state index in [1.54, 1.807) is 11.3 Å². The molecule has 2 heteroatoms. The normalized spacial score (nSPS) is 10.5. The van der Waals surface area contributed by atoms with Crippen LogP contribution in [0.4, 0.5) is 0 Å². The van der Waals surface area contributed by atoms with Crippen LogP contribution in [0, 0.1) is 0 Å². The Kier molecular flexibility index (Phi) is 2.15. The zero-order valence-corrected chi connectivity index (χ0v) is 8.23. The number of fused-ring (bicyclic) bond motifs is 1. The van der Waals surface area contributed by atoms with Crippen LogP contribution in [0.5, 0.6) is 0 Å². The standard InChI is InChI=1S/C11H10OS/c1-2-10(12)9-7-13-11-6-4-3-5-8(9)11/h3-7H,2H2,1H3. The third-order valence-electron chi connectivity index (χ3n) is 2.10. The minimum Gasteiger partial charge on any atom is -0.294 e. The van der Waals surface area contributed by atoms with Gasteiger partial charge in [0.15, 0.2) is 5.78 Å². The lowest BCUT2D eigenvalue weighted by molar-refractivity contribution is 0.0990. The highest BCUT2D eigenvalue weighted by atomic mass is 32.1. The first-order chi connectivity index (χ1) is 6.33. The van der Waals surface area contributed by atoms with Crippen LogP contribution in [0.3, 0.4) is 0 Å². The van der Waals surface area contributed by atoms with Crippen molar-refractivity contribution in [3.8, 4) is 0 Å². The van der Waals surface area contributed by atoms with Crippen molar-refractivity contribution in [3.63, 3.8) is 0 Å². The maximum atomic E-state index is 11.5. The molecule has 2 rings (SSSR count). The molecule has 1 aromatic heterocycles. The highest BCUT2D eigenvalue weighted by Crippen LogP contribution is 2.26. The number of hydrogen-bond donors (Lipinski definition) is 0. The molecule has 0 aliphatic carbocycles. The van der Waals surface area contributed by atoms with Crippen LogP contribution in [0.15, 0.2) is 29.6 Å². The van der Waals surface area contributed by atoms with Crippen LogP contribution in [0.1, 0.15) is 23.7 Å². The van der Waals surface area contributed by atoms with E-state index in [0.717, 1.165) is 10.9 Å². The summed E-state index contributed by atoms with van der Waals surface area (Å²) in [6, 6.07) is 8.03. The molecule has 1 aromatic carbocycles. The van der Waals surface area contributed by atoms with Gasteiger partial charge in [-0.1, -0.05) is 25.1 Å². The molecule has 0 saturated heterocycles. The largest absolute Gasteiger partial charge is 0.294 e. The van der Waals surface area contributed by atoms with Crippen molar-refractivity contribution >= 4 is 27.2 Å². The zero-order chi connectivity index (χ0) is 9.26. The molecule has 0 fully saturated rings. The Hall–Kier alpha value is -1.15. The molecular formula is C11H10OS. The van der Waals surface area contributed by atoms with Crippen molar-refractivity contribution in [1.29, 1.82) is 0 Å². The average Bonchev–Trinajstić information content (AvgIpc) is 2.60. The topological polar surface area (TPSA) is 17.1 Å². The Bertz CT molecular complexity index is 442. The molecule has 0 amide bonds. The van der Waals surface area contributed by atoms with Crippen molar-refractivity contribution < 1.29 is 4.79 Å². The van der Waals surface area contributed by atoms with Gasteiger partial charge in [0.25, 0.3) is 0 Å². The molecule has 0 N–H and O–H groups in total. The molecule has 1 nitrogen and oxygen atoms in total. The van der Waals surface area contributed by atoms with Gasteiger partial charge in [-0.25, -0.2) is 0 Å². The number of carbonyl (C=O) groups excluding carboxylic acids is 1. The Morgan fingerprint density at radius 3 is 2.92 bits per heavy atom. The molecule has 0 radical (unpaired) electrons. The number of ketones is 1. The minimum absolute atomic E-state index is 0.234. The third-order valence-corrected chi connectivity index (χ3v) is 3.07. The van der Waals surface area contributed by atoms with Gasteiger partial charge in [-0.2, -0.15) is 0 Å². The SMILES string of the molecule is CCC(=O)c1csc2ccccc12. The highest BCUT2D eigenvalue weighted by Gasteiger charge is 2.08. The van der Waals surface area contributed by atoms with Gasteiger partial charge in [0.1, 0.15) is 0 Å². The number of thiophene rings is 1. The van der Waals surface area contributed by atoms with E-state index in [2.05, 4.69) is 0 Å². The first-order valence-corrected chi connectivity index (χ1v) is 5.20. The van der Waals surface area contributed by atoms with Crippen LogP contribution in [0.25, 0.3) is 10.1 Å². The first-order valence-electron chi connectivity index (χ1n) is 4.32. The van der Waals surface area contributed by atoms with Crippen molar-refractivity contribution in [2.24, 2.45) is 0 Å². The molecule has 0 aliphatic heterocycles. The lowest BCUT2D eigenvalue weighted by Gasteiger charge is -1.93. The monoisotopic (exact) mass is 190 g/mol. The van der Waals surface area contributed by atoms with Crippen molar-refractivity contribution in [3.05, 3.63) is 35.2 Å². The highest BCUT2D eigenvalue weighted by molar-refractivity contribution is 7.17. The molecule has 0 aliphatic rings. The fourth-order valence-electron chi connectivity index (χ4n) is 1.38. The Morgan fingerprint density at radius 2 is 2.15 bits per heavy atom. The molecular weight excluding hydrogens is 180 g/mol. The Balaban J connectivity index is 2.64. The number of benzene rings is 1. The molecule has 0 bridgehead atoms. The van der Waals surface area contributed by atoms with Crippen LogP contribution < -0.4 is 0 Å². The third kappa shape index (κ3) is 1.38. The quantitative estimate of drug-likeness (QED) is 0.662. The fraction of sp³-hybridized carbons (Fsp3) is 0.182. The predicted molar refractivity (Wildman–Crippen MR) is 56.4 cm³/mol. The molecule has 13 heavy (non-hydrogen) atoms. The molecule has 1 heterocycles. The average molecular weight is 190 g/mol. The smallest absolute Gasteiger partial charge is 0.164 e. The van der Waals surface area contributed by atoms with Gasteiger partial charge in [0.2, 0.25) is 0 Å². The van der Waals surface area contributed by atoms with Gasteiger partial charge in [-0.15, -0.1) is 11.3 Å².